The van der Waals surface area contributed by atoms with E-state index < -0.39 is 0 Å². The lowest BCUT2D eigenvalue weighted by molar-refractivity contribution is 0.180. The molecule has 2 aliphatic rings. The first-order valence-corrected chi connectivity index (χ1v) is 4.72. The Morgan fingerprint density at radius 1 is 1.27 bits per heavy atom. The largest absolute Gasteiger partial charge is 0.302 e. The van der Waals surface area contributed by atoms with Gasteiger partial charge in [0.25, 0.3) is 0 Å². The molecule has 11 heavy (non-hydrogen) atoms. The van der Waals surface area contributed by atoms with Crippen molar-refractivity contribution in [1.82, 2.24) is 9.80 Å². The number of likely N-dealkylation sites (tertiary alicyclic amines) is 2. The standard InChI is InChI=1S/C9H18N2/c1-3-11-6-8-4-9(7-11)10(2)5-8/h8-9H,3-7H2,1-2H3. The molecule has 0 radical (unpaired) electrons. The van der Waals surface area contributed by atoms with Gasteiger partial charge in [0.2, 0.25) is 0 Å². The lowest BCUT2D eigenvalue weighted by Gasteiger charge is -2.30. The SMILES string of the molecule is CCN1CC2CC(C1)N(C)C2. The van der Waals surface area contributed by atoms with Crippen molar-refractivity contribution in [2.45, 2.75) is 19.4 Å². The van der Waals surface area contributed by atoms with Gasteiger partial charge in [-0.25, -0.2) is 0 Å². The molecule has 0 saturated carbocycles. The summed E-state index contributed by atoms with van der Waals surface area (Å²) < 4.78 is 0. The van der Waals surface area contributed by atoms with Crippen LogP contribution >= 0.6 is 0 Å². The Bertz CT molecular complexity index is 144. The summed E-state index contributed by atoms with van der Waals surface area (Å²) in [5, 5.41) is 0. The first kappa shape index (κ1) is 7.56. The van der Waals surface area contributed by atoms with Crippen molar-refractivity contribution in [1.29, 1.82) is 0 Å². The van der Waals surface area contributed by atoms with E-state index in [1.165, 1.54) is 32.6 Å². The van der Waals surface area contributed by atoms with Crippen molar-refractivity contribution in [3.05, 3.63) is 0 Å². The molecule has 64 valence electrons. The summed E-state index contributed by atoms with van der Waals surface area (Å²) in [7, 11) is 2.27. The monoisotopic (exact) mass is 154 g/mol. The lowest BCUT2D eigenvalue weighted by Crippen LogP contribution is -2.41. The van der Waals surface area contributed by atoms with Gasteiger partial charge in [-0.15, -0.1) is 0 Å². The van der Waals surface area contributed by atoms with Gasteiger partial charge in [-0.2, -0.15) is 0 Å². The highest BCUT2D eigenvalue weighted by Crippen LogP contribution is 2.27. The molecule has 0 amide bonds. The number of likely N-dealkylation sites (N-methyl/N-ethyl adjacent to an activating group) is 2. The second-order valence-corrected chi connectivity index (χ2v) is 4.05. The smallest absolute Gasteiger partial charge is 0.0223 e. The van der Waals surface area contributed by atoms with Gasteiger partial charge >= 0.3 is 0 Å². The number of rotatable bonds is 1. The average Bonchev–Trinajstić information content (AvgIpc) is 2.26. The summed E-state index contributed by atoms with van der Waals surface area (Å²) >= 11 is 0. The molecule has 2 fully saturated rings. The van der Waals surface area contributed by atoms with Gasteiger partial charge in [-0.05, 0) is 25.9 Å². The Morgan fingerprint density at radius 2 is 2.09 bits per heavy atom. The highest BCUT2D eigenvalue weighted by atomic mass is 15.3. The molecule has 2 rings (SSSR count). The lowest BCUT2D eigenvalue weighted by atomic mass is 10.0. The fourth-order valence-corrected chi connectivity index (χ4v) is 2.54. The van der Waals surface area contributed by atoms with Crippen LogP contribution < -0.4 is 0 Å². The molecule has 2 unspecified atom stereocenters. The topological polar surface area (TPSA) is 6.48 Å². The van der Waals surface area contributed by atoms with E-state index in [1.54, 1.807) is 0 Å². The summed E-state index contributed by atoms with van der Waals surface area (Å²) in [4.78, 5) is 5.11. The van der Waals surface area contributed by atoms with E-state index in [2.05, 4.69) is 23.8 Å². The highest BCUT2D eigenvalue weighted by Gasteiger charge is 2.35. The van der Waals surface area contributed by atoms with Crippen LogP contribution in [0, 0.1) is 5.92 Å². The van der Waals surface area contributed by atoms with E-state index in [9.17, 15) is 0 Å². The van der Waals surface area contributed by atoms with Gasteiger partial charge in [0.15, 0.2) is 0 Å². The van der Waals surface area contributed by atoms with E-state index in [0.717, 1.165) is 12.0 Å². The Hall–Kier alpha value is -0.0800. The zero-order valence-electron chi connectivity index (χ0n) is 7.58. The molecule has 2 nitrogen and oxygen atoms in total. The Morgan fingerprint density at radius 3 is 2.73 bits per heavy atom. The summed E-state index contributed by atoms with van der Waals surface area (Å²) in [6.07, 6.45) is 1.45. The zero-order valence-corrected chi connectivity index (χ0v) is 7.58. The second kappa shape index (κ2) is 2.76. The maximum absolute atomic E-state index is 2.59. The van der Waals surface area contributed by atoms with E-state index >= 15 is 0 Å². The van der Waals surface area contributed by atoms with Gasteiger partial charge in [0, 0.05) is 25.7 Å². The van der Waals surface area contributed by atoms with E-state index in [1.807, 2.05) is 0 Å². The third-order valence-corrected chi connectivity index (χ3v) is 3.21. The average molecular weight is 154 g/mol. The van der Waals surface area contributed by atoms with Crippen molar-refractivity contribution in [2.24, 2.45) is 5.92 Å². The Balaban J connectivity index is 2.00. The van der Waals surface area contributed by atoms with Gasteiger partial charge in [0.1, 0.15) is 0 Å². The number of piperidine rings is 1. The first-order valence-electron chi connectivity index (χ1n) is 4.72. The third-order valence-electron chi connectivity index (χ3n) is 3.21. The van der Waals surface area contributed by atoms with E-state index in [4.69, 9.17) is 0 Å². The molecule has 0 aliphatic carbocycles. The zero-order chi connectivity index (χ0) is 7.84. The van der Waals surface area contributed by atoms with Crippen LogP contribution in [0.2, 0.25) is 0 Å². The van der Waals surface area contributed by atoms with Crippen LogP contribution in [0.3, 0.4) is 0 Å². The molecule has 0 spiro atoms. The molecule has 2 heterocycles. The molecule has 2 saturated heterocycles. The van der Waals surface area contributed by atoms with E-state index in [0.29, 0.717) is 0 Å². The van der Waals surface area contributed by atoms with Crippen LogP contribution in [0.5, 0.6) is 0 Å². The molecule has 0 aromatic heterocycles. The van der Waals surface area contributed by atoms with Gasteiger partial charge in [-0.3, -0.25) is 0 Å². The van der Waals surface area contributed by atoms with Crippen molar-refractivity contribution in [2.75, 3.05) is 33.2 Å². The molecular formula is C9H18N2. The fourth-order valence-electron chi connectivity index (χ4n) is 2.54. The maximum Gasteiger partial charge on any atom is 0.0223 e. The van der Waals surface area contributed by atoms with Gasteiger partial charge < -0.3 is 9.80 Å². The molecule has 2 atom stereocenters. The van der Waals surface area contributed by atoms with Crippen LogP contribution in [-0.4, -0.2) is 49.1 Å². The van der Waals surface area contributed by atoms with Crippen LogP contribution in [-0.2, 0) is 0 Å². The van der Waals surface area contributed by atoms with Crippen LogP contribution in [0.15, 0.2) is 0 Å². The minimum absolute atomic E-state index is 0.869. The summed E-state index contributed by atoms with van der Waals surface area (Å²) in [6, 6.07) is 0.869. The number of hydrogen-bond donors (Lipinski definition) is 0. The van der Waals surface area contributed by atoms with Crippen LogP contribution in [0.4, 0.5) is 0 Å². The number of fused-ring (bicyclic) bond motifs is 2. The van der Waals surface area contributed by atoms with Crippen LogP contribution in [0.25, 0.3) is 0 Å². The van der Waals surface area contributed by atoms with E-state index in [-0.39, 0.29) is 0 Å². The summed E-state index contributed by atoms with van der Waals surface area (Å²) in [5.41, 5.74) is 0. The molecule has 2 aliphatic heterocycles. The number of hydrogen-bond acceptors (Lipinski definition) is 2. The van der Waals surface area contributed by atoms with Crippen molar-refractivity contribution in [3.63, 3.8) is 0 Å². The third kappa shape index (κ3) is 1.30. The molecule has 0 aromatic rings. The Kier molecular flexibility index (Phi) is 1.90. The Labute approximate surface area is 69.2 Å². The van der Waals surface area contributed by atoms with Crippen molar-refractivity contribution < 1.29 is 0 Å². The quantitative estimate of drug-likeness (QED) is 0.547. The van der Waals surface area contributed by atoms with Crippen molar-refractivity contribution >= 4 is 0 Å². The summed E-state index contributed by atoms with van der Waals surface area (Å²) in [5.74, 6) is 0.971. The molecule has 2 bridgehead atoms. The molecule has 0 N–H and O–H groups in total. The predicted molar refractivity (Wildman–Crippen MR) is 46.6 cm³/mol. The molecular weight excluding hydrogens is 136 g/mol. The highest BCUT2D eigenvalue weighted by molar-refractivity contribution is 4.91. The summed E-state index contributed by atoms with van der Waals surface area (Å²) in [6.45, 7) is 7.49. The fraction of sp³-hybridized carbons (Fsp3) is 1.00. The number of nitrogens with zero attached hydrogens (tertiary/aromatic N) is 2. The van der Waals surface area contributed by atoms with Crippen molar-refractivity contribution in [3.8, 4) is 0 Å². The molecule has 0 aromatic carbocycles. The second-order valence-electron chi connectivity index (χ2n) is 4.05. The van der Waals surface area contributed by atoms with Gasteiger partial charge in [0.05, 0.1) is 0 Å². The normalized spacial score (nSPS) is 39.8. The van der Waals surface area contributed by atoms with Gasteiger partial charge in [-0.1, -0.05) is 6.92 Å². The van der Waals surface area contributed by atoms with Crippen LogP contribution in [0.1, 0.15) is 13.3 Å². The predicted octanol–water partition coefficient (Wildman–Crippen LogP) is 0.642. The minimum atomic E-state index is 0.869. The first-order chi connectivity index (χ1) is 5.29. The molecule has 2 heteroatoms. The minimum Gasteiger partial charge on any atom is -0.302 e. The maximum atomic E-state index is 2.59.